The van der Waals surface area contributed by atoms with Gasteiger partial charge < -0.3 is 4.74 Å². The summed E-state index contributed by atoms with van der Waals surface area (Å²) in [5.74, 6) is 0.579. The molecule has 0 aliphatic carbocycles. The predicted octanol–water partition coefficient (Wildman–Crippen LogP) is 2.96. The van der Waals surface area contributed by atoms with Crippen LogP contribution in [0.15, 0.2) is 42.6 Å². The van der Waals surface area contributed by atoms with Gasteiger partial charge in [-0.25, -0.2) is 0 Å². The summed E-state index contributed by atoms with van der Waals surface area (Å²) >= 11 is 0. The lowest BCUT2D eigenvalue weighted by atomic mass is 10.1. The first kappa shape index (κ1) is 11.3. The summed E-state index contributed by atoms with van der Waals surface area (Å²) in [6, 6.07) is 11.2. The average Bonchev–Trinajstić information content (AvgIpc) is 2.39. The standard InChI is InChI=1S/C14H13NO2/c1-10(16)12-7-6-11(9-14(12)17-2)13-5-3-4-8-15-13/h3-9H,1-2H3. The molecule has 86 valence electrons. The smallest absolute Gasteiger partial charge is 0.163 e. The van der Waals surface area contributed by atoms with Crippen LogP contribution >= 0.6 is 0 Å². The lowest BCUT2D eigenvalue weighted by Gasteiger charge is -2.08. The normalized spacial score (nSPS) is 10.0. The summed E-state index contributed by atoms with van der Waals surface area (Å²) < 4.78 is 5.22. The molecule has 1 aromatic heterocycles. The van der Waals surface area contributed by atoms with E-state index in [1.165, 1.54) is 6.92 Å². The van der Waals surface area contributed by atoms with Gasteiger partial charge in [0.05, 0.1) is 18.4 Å². The van der Waals surface area contributed by atoms with Gasteiger partial charge in [0.15, 0.2) is 5.78 Å². The summed E-state index contributed by atoms with van der Waals surface area (Å²) in [4.78, 5) is 15.6. The van der Waals surface area contributed by atoms with Crippen molar-refractivity contribution in [2.45, 2.75) is 6.92 Å². The zero-order valence-electron chi connectivity index (χ0n) is 9.81. The number of aromatic nitrogens is 1. The molecular formula is C14H13NO2. The van der Waals surface area contributed by atoms with Gasteiger partial charge in [-0.3, -0.25) is 9.78 Å². The molecule has 2 rings (SSSR count). The van der Waals surface area contributed by atoms with Crippen molar-refractivity contribution < 1.29 is 9.53 Å². The molecular weight excluding hydrogens is 214 g/mol. The molecule has 0 N–H and O–H groups in total. The summed E-state index contributed by atoms with van der Waals surface area (Å²) in [5, 5.41) is 0. The molecule has 1 heterocycles. The van der Waals surface area contributed by atoms with E-state index in [0.717, 1.165) is 11.3 Å². The average molecular weight is 227 g/mol. The quantitative estimate of drug-likeness (QED) is 0.757. The minimum absolute atomic E-state index is 0.00517. The van der Waals surface area contributed by atoms with E-state index in [4.69, 9.17) is 4.74 Å². The van der Waals surface area contributed by atoms with E-state index in [2.05, 4.69) is 4.98 Å². The molecule has 0 aliphatic heterocycles. The van der Waals surface area contributed by atoms with Gasteiger partial charge in [-0.15, -0.1) is 0 Å². The summed E-state index contributed by atoms with van der Waals surface area (Å²) in [6.45, 7) is 1.53. The van der Waals surface area contributed by atoms with Crippen LogP contribution in [0.3, 0.4) is 0 Å². The van der Waals surface area contributed by atoms with Crippen molar-refractivity contribution in [2.75, 3.05) is 7.11 Å². The largest absolute Gasteiger partial charge is 0.496 e. The van der Waals surface area contributed by atoms with Crippen molar-refractivity contribution in [3.8, 4) is 17.0 Å². The number of hydrogen-bond donors (Lipinski definition) is 0. The Morgan fingerprint density at radius 2 is 2.06 bits per heavy atom. The number of carbonyl (C=O) groups is 1. The van der Waals surface area contributed by atoms with E-state index < -0.39 is 0 Å². The van der Waals surface area contributed by atoms with E-state index in [1.54, 1.807) is 19.4 Å². The van der Waals surface area contributed by atoms with Gasteiger partial charge in [0.2, 0.25) is 0 Å². The molecule has 0 spiro atoms. The van der Waals surface area contributed by atoms with Crippen molar-refractivity contribution in [2.24, 2.45) is 0 Å². The Morgan fingerprint density at radius 3 is 2.65 bits per heavy atom. The van der Waals surface area contributed by atoms with Crippen LogP contribution in [-0.2, 0) is 0 Å². The molecule has 3 nitrogen and oxygen atoms in total. The van der Waals surface area contributed by atoms with Crippen LogP contribution in [0.2, 0.25) is 0 Å². The Kier molecular flexibility index (Phi) is 3.19. The van der Waals surface area contributed by atoms with Crippen LogP contribution in [0.1, 0.15) is 17.3 Å². The van der Waals surface area contributed by atoms with Crippen LogP contribution in [0.25, 0.3) is 11.3 Å². The Balaban J connectivity index is 2.49. The molecule has 1 aromatic carbocycles. The van der Waals surface area contributed by atoms with E-state index in [9.17, 15) is 4.79 Å². The SMILES string of the molecule is COc1cc(-c2ccccn2)ccc1C(C)=O. The van der Waals surface area contributed by atoms with Crippen molar-refractivity contribution in [3.05, 3.63) is 48.2 Å². The van der Waals surface area contributed by atoms with Gasteiger partial charge in [0.1, 0.15) is 5.75 Å². The molecule has 0 saturated heterocycles. The Morgan fingerprint density at radius 1 is 1.24 bits per heavy atom. The molecule has 0 fully saturated rings. The highest BCUT2D eigenvalue weighted by molar-refractivity contribution is 5.97. The Bertz CT molecular complexity index is 535. The fourth-order valence-electron chi connectivity index (χ4n) is 1.67. The molecule has 2 aromatic rings. The first-order chi connectivity index (χ1) is 8.22. The van der Waals surface area contributed by atoms with Gasteiger partial charge in [-0.1, -0.05) is 12.1 Å². The maximum Gasteiger partial charge on any atom is 0.163 e. The summed E-state index contributed by atoms with van der Waals surface area (Å²) in [5.41, 5.74) is 2.39. The Hall–Kier alpha value is -2.16. The topological polar surface area (TPSA) is 39.2 Å². The number of ketones is 1. The number of rotatable bonds is 3. The summed E-state index contributed by atoms with van der Waals surface area (Å²) in [6.07, 6.45) is 1.74. The number of carbonyl (C=O) groups excluding carboxylic acids is 1. The van der Waals surface area contributed by atoms with E-state index >= 15 is 0 Å². The van der Waals surface area contributed by atoms with E-state index in [1.807, 2.05) is 30.3 Å². The molecule has 0 bridgehead atoms. The third-order valence-corrected chi connectivity index (χ3v) is 2.54. The van der Waals surface area contributed by atoms with Gasteiger partial charge in [0, 0.05) is 11.8 Å². The third-order valence-electron chi connectivity index (χ3n) is 2.54. The number of benzene rings is 1. The van der Waals surface area contributed by atoms with Gasteiger partial charge in [0.25, 0.3) is 0 Å². The summed E-state index contributed by atoms with van der Waals surface area (Å²) in [7, 11) is 1.56. The fourth-order valence-corrected chi connectivity index (χ4v) is 1.67. The lowest BCUT2D eigenvalue weighted by Crippen LogP contribution is -1.97. The van der Waals surface area contributed by atoms with E-state index in [-0.39, 0.29) is 5.78 Å². The highest BCUT2D eigenvalue weighted by Gasteiger charge is 2.09. The highest BCUT2D eigenvalue weighted by atomic mass is 16.5. The zero-order valence-corrected chi connectivity index (χ0v) is 9.81. The fraction of sp³-hybridized carbons (Fsp3) is 0.143. The third kappa shape index (κ3) is 2.33. The highest BCUT2D eigenvalue weighted by Crippen LogP contribution is 2.26. The van der Waals surface area contributed by atoms with Crippen LogP contribution in [0.4, 0.5) is 0 Å². The number of hydrogen-bond acceptors (Lipinski definition) is 3. The molecule has 17 heavy (non-hydrogen) atoms. The molecule has 0 amide bonds. The van der Waals surface area contributed by atoms with Crippen molar-refractivity contribution >= 4 is 5.78 Å². The number of Topliss-reactive ketones (excluding diaryl/α,β-unsaturated/α-hetero) is 1. The second kappa shape index (κ2) is 4.78. The van der Waals surface area contributed by atoms with Crippen LogP contribution in [-0.4, -0.2) is 17.9 Å². The first-order valence-corrected chi connectivity index (χ1v) is 5.33. The molecule has 0 saturated carbocycles. The number of nitrogens with zero attached hydrogens (tertiary/aromatic N) is 1. The van der Waals surface area contributed by atoms with Crippen LogP contribution in [0, 0.1) is 0 Å². The number of methoxy groups -OCH3 is 1. The lowest BCUT2D eigenvalue weighted by molar-refractivity contribution is 0.101. The van der Waals surface area contributed by atoms with Crippen molar-refractivity contribution in [3.63, 3.8) is 0 Å². The van der Waals surface area contributed by atoms with Crippen molar-refractivity contribution in [1.82, 2.24) is 4.98 Å². The monoisotopic (exact) mass is 227 g/mol. The minimum Gasteiger partial charge on any atom is -0.496 e. The molecule has 0 radical (unpaired) electrons. The number of ether oxygens (including phenoxy) is 1. The van der Waals surface area contributed by atoms with Crippen LogP contribution < -0.4 is 4.74 Å². The van der Waals surface area contributed by atoms with Crippen molar-refractivity contribution in [1.29, 1.82) is 0 Å². The van der Waals surface area contributed by atoms with E-state index in [0.29, 0.717) is 11.3 Å². The minimum atomic E-state index is -0.00517. The second-order valence-electron chi connectivity index (χ2n) is 3.69. The maximum atomic E-state index is 11.4. The van der Waals surface area contributed by atoms with Gasteiger partial charge >= 0.3 is 0 Å². The predicted molar refractivity (Wildman–Crippen MR) is 66.2 cm³/mol. The van der Waals surface area contributed by atoms with Gasteiger partial charge in [-0.05, 0) is 31.2 Å². The molecule has 0 aliphatic rings. The molecule has 3 heteroatoms. The first-order valence-electron chi connectivity index (χ1n) is 5.33. The molecule has 0 unspecified atom stereocenters. The number of pyridine rings is 1. The van der Waals surface area contributed by atoms with Crippen LogP contribution in [0.5, 0.6) is 5.75 Å². The second-order valence-corrected chi connectivity index (χ2v) is 3.69. The zero-order chi connectivity index (χ0) is 12.3. The maximum absolute atomic E-state index is 11.4. The Labute approximate surface area is 100 Å². The van der Waals surface area contributed by atoms with Gasteiger partial charge in [-0.2, -0.15) is 0 Å². The molecule has 0 atom stereocenters.